The van der Waals surface area contributed by atoms with Gasteiger partial charge in [-0.1, -0.05) is 19.8 Å². The van der Waals surface area contributed by atoms with Gasteiger partial charge in [0, 0.05) is 13.8 Å². The second kappa shape index (κ2) is 9.33. The summed E-state index contributed by atoms with van der Waals surface area (Å²) in [6, 6.07) is 0. The topological polar surface area (TPSA) is 71.1 Å². The summed E-state index contributed by atoms with van der Waals surface area (Å²) in [6.07, 6.45) is 7.13. The van der Waals surface area contributed by atoms with Crippen LogP contribution in [0.4, 0.5) is 0 Å². The summed E-state index contributed by atoms with van der Waals surface area (Å²) >= 11 is 0. The zero-order valence-electron chi connectivity index (χ0n) is 14.0. The van der Waals surface area contributed by atoms with Crippen molar-refractivity contribution in [1.29, 1.82) is 0 Å². The summed E-state index contributed by atoms with van der Waals surface area (Å²) in [5.74, 6) is 2.08. The maximum absolute atomic E-state index is 11.1. The van der Waals surface area contributed by atoms with E-state index in [1.165, 1.54) is 13.8 Å². The van der Waals surface area contributed by atoms with Gasteiger partial charge < -0.3 is 18.9 Å². The number of hydrogen-bond acceptors (Lipinski definition) is 6. The first-order valence-corrected chi connectivity index (χ1v) is 7.57. The number of carbonyl (C=O) groups excluding carboxylic acids is 2. The number of rotatable bonds is 7. The average molecular weight is 324 g/mol. The molecule has 1 aliphatic heterocycles. The molecule has 0 bridgehead atoms. The van der Waals surface area contributed by atoms with Crippen LogP contribution in [0.5, 0.6) is 0 Å². The number of terminal acetylenes is 1. The van der Waals surface area contributed by atoms with E-state index < -0.39 is 30.4 Å². The summed E-state index contributed by atoms with van der Waals surface area (Å²) in [5.41, 5.74) is 0. The monoisotopic (exact) mass is 324 g/mol. The highest BCUT2D eigenvalue weighted by Gasteiger charge is 2.32. The van der Waals surface area contributed by atoms with Crippen molar-refractivity contribution in [3.63, 3.8) is 0 Å². The third-order valence-electron chi connectivity index (χ3n) is 3.06. The minimum Gasteiger partial charge on any atom is -0.463 e. The Balaban J connectivity index is 2.71. The van der Waals surface area contributed by atoms with Gasteiger partial charge in [-0.15, -0.1) is 6.42 Å². The van der Waals surface area contributed by atoms with E-state index in [9.17, 15) is 9.59 Å². The van der Waals surface area contributed by atoms with Gasteiger partial charge >= 0.3 is 11.9 Å². The Bertz CT molecular complexity index is 476. The van der Waals surface area contributed by atoms with Crippen molar-refractivity contribution in [3.8, 4) is 12.3 Å². The van der Waals surface area contributed by atoms with E-state index >= 15 is 0 Å². The zero-order valence-corrected chi connectivity index (χ0v) is 14.0. The Hall–Kier alpha value is -1.84. The van der Waals surface area contributed by atoms with Crippen LogP contribution < -0.4 is 0 Å². The molecule has 1 heterocycles. The van der Waals surface area contributed by atoms with Crippen LogP contribution in [0.1, 0.15) is 34.1 Å². The number of ether oxygens (including phenoxy) is 4. The minimum atomic E-state index is -0.679. The van der Waals surface area contributed by atoms with Crippen molar-refractivity contribution in [2.45, 2.75) is 58.7 Å². The molecule has 0 spiro atoms. The predicted octanol–water partition coefficient (Wildman–Crippen LogP) is 1.83. The lowest BCUT2D eigenvalue weighted by Gasteiger charge is -2.32. The summed E-state index contributed by atoms with van der Waals surface area (Å²) in [4.78, 5) is 22.1. The lowest BCUT2D eigenvalue weighted by Crippen LogP contribution is -2.43. The van der Waals surface area contributed by atoms with Gasteiger partial charge in [0.2, 0.25) is 0 Å². The highest BCUT2D eigenvalue weighted by molar-refractivity contribution is 5.66. The molecule has 0 fully saturated rings. The second-order valence-electron chi connectivity index (χ2n) is 5.73. The van der Waals surface area contributed by atoms with Crippen LogP contribution in [0.15, 0.2) is 12.2 Å². The van der Waals surface area contributed by atoms with Crippen LogP contribution >= 0.6 is 0 Å². The SMILES string of the molecule is C#CC(CC(C)C)O[C@@H]1C=C[C@H](OC(C)=O)[C@@H](COC(C)=O)O1. The van der Waals surface area contributed by atoms with Gasteiger partial charge in [-0.2, -0.15) is 0 Å². The van der Waals surface area contributed by atoms with Gasteiger partial charge in [-0.05, 0) is 24.5 Å². The standard InChI is InChI=1S/C17H24O6/c1-6-14(9-11(2)3)22-17-8-7-15(21-13(5)19)16(23-17)10-20-12(4)18/h1,7-8,11,14-17H,9-10H2,2-5H3/t14?,15-,16+,17-/m0/s1. The molecular weight excluding hydrogens is 300 g/mol. The van der Waals surface area contributed by atoms with Crippen LogP contribution in [-0.2, 0) is 28.5 Å². The largest absolute Gasteiger partial charge is 0.463 e. The van der Waals surface area contributed by atoms with Gasteiger partial charge in [0.1, 0.15) is 24.9 Å². The third-order valence-corrected chi connectivity index (χ3v) is 3.06. The number of esters is 2. The number of hydrogen-bond donors (Lipinski definition) is 0. The van der Waals surface area contributed by atoms with Gasteiger partial charge in [0.25, 0.3) is 0 Å². The van der Waals surface area contributed by atoms with Gasteiger partial charge in [-0.3, -0.25) is 9.59 Å². The molecule has 1 rings (SSSR count). The first-order chi connectivity index (χ1) is 10.8. The molecule has 0 aromatic rings. The molecule has 0 aliphatic carbocycles. The fourth-order valence-corrected chi connectivity index (χ4v) is 2.09. The average Bonchev–Trinajstić information content (AvgIpc) is 2.45. The van der Waals surface area contributed by atoms with E-state index in [1.807, 2.05) is 13.8 Å². The molecule has 0 N–H and O–H groups in total. The molecule has 0 amide bonds. The van der Waals surface area contributed by atoms with E-state index in [4.69, 9.17) is 25.4 Å². The molecular formula is C17H24O6. The molecule has 0 radical (unpaired) electrons. The van der Waals surface area contributed by atoms with Crippen molar-refractivity contribution in [2.75, 3.05) is 6.61 Å². The second-order valence-corrected chi connectivity index (χ2v) is 5.73. The van der Waals surface area contributed by atoms with Gasteiger partial charge in [0.05, 0.1) is 0 Å². The van der Waals surface area contributed by atoms with E-state index in [0.29, 0.717) is 12.3 Å². The lowest BCUT2D eigenvalue weighted by atomic mass is 10.1. The highest BCUT2D eigenvalue weighted by atomic mass is 16.7. The van der Waals surface area contributed by atoms with E-state index in [1.54, 1.807) is 12.2 Å². The highest BCUT2D eigenvalue weighted by Crippen LogP contribution is 2.20. The van der Waals surface area contributed by atoms with Crippen molar-refractivity contribution in [1.82, 2.24) is 0 Å². The molecule has 6 nitrogen and oxygen atoms in total. The fourth-order valence-electron chi connectivity index (χ4n) is 2.09. The molecule has 4 atom stereocenters. The molecule has 23 heavy (non-hydrogen) atoms. The Labute approximate surface area is 137 Å². The van der Waals surface area contributed by atoms with Crippen LogP contribution in [0.25, 0.3) is 0 Å². The van der Waals surface area contributed by atoms with Crippen molar-refractivity contribution in [3.05, 3.63) is 12.2 Å². The first-order valence-electron chi connectivity index (χ1n) is 7.57. The molecule has 128 valence electrons. The van der Waals surface area contributed by atoms with Crippen LogP contribution in [0.2, 0.25) is 0 Å². The lowest BCUT2D eigenvalue weighted by molar-refractivity contribution is -0.204. The smallest absolute Gasteiger partial charge is 0.303 e. The Kier molecular flexibility index (Phi) is 7.79. The zero-order chi connectivity index (χ0) is 17.4. The molecule has 0 saturated heterocycles. The Morgan fingerprint density at radius 2 is 1.96 bits per heavy atom. The maximum atomic E-state index is 11.1. The molecule has 1 aliphatic rings. The normalized spacial score (nSPS) is 24.8. The van der Waals surface area contributed by atoms with Gasteiger partial charge in [-0.25, -0.2) is 0 Å². The summed E-state index contributed by atoms with van der Waals surface area (Å²) in [7, 11) is 0. The van der Waals surface area contributed by atoms with Crippen LogP contribution in [-0.4, -0.2) is 43.1 Å². The van der Waals surface area contributed by atoms with Crippen molar-refractivity contribution in [2.24, 2.45) is 5.92 Å². The van der Waals surface area contributed by atoms with Crippen LogP contribution in [0, 0.1) is 18.3 Å². The molecule has 0 saturated carbocycles. The number of carbonyl (C=O) groups is 2. The minimum absolute atomic E-state index is 0.0393. The summed E-state index contributed by atoms with van der Waals surface area (Å²) in [5, 5.41) is 0. The molecule has 0 aromatic carbocycles. The molecule has 0 aromatic heterocycles. The fraction of sp³-hybridized carbons (Fsp3) is 0.647. The van der Waals surface area contributed by atoms with Crippen molar-refractivity contribution < 1.29 is 28.5 Å². The summed E-state index contributed by atoms with van der Waals surface area (Å²) in [6.45, 7) is 6.65. The van der Waals surface area contributed by atoms with Gasteiger partial charge in [0.15, 0.2) is 6.29 Å². The quantitative estimate of drug-likeness (QED) is 0.404. The van der Waals surface area contributed by atoms with E-state index in [-0.39, 0.29) is 12.7 Å². The summed E-state index contributed by atoms with van der Waals surface area (Å²) < 4.78 is 21.5. The third kappa shape index (κ3) is 7.31. The Morgan fingerprint density at radius 1 is 1.26 bits per heavy atom. The van der Waals surface area contributed by atoms with E-state index in [0.717, 1.165) is 0 Å². The Morgan fingerprint density at radius 3 is 2.48 bits per heavy atom. The maximum Gasteiger partial charge on any atom is 0.303 e. The van der Waals surface area contributed by atoms with Crippen LogP contribution in [0.3, 0.4) is 0 Å². The first kappa shape index (κ1) is 19.2. The molecule has 1 unspecified atom stereocenters. The predicted molar refractivity (Wildman–Crippen MR) is 83.1 cm³/mol. The van der Waals surface area contributed by atoms with E-state index in [2.05, 4.69) is 5.92 Å². The van der Waals surface area contributed by atoms with Crippen molar-refractivity contribution >= 4 is 11.9 Å². The molecule has 6 heteroatoms.